The fourth-order valence-electron chi connectivity index (χ4n) is 3.37. The van der Waals surface area contributed by atoms with E-state index in [1.807, 2.05) is 6.07 Å². The number of ether oxygens (including phenoxy) is 2. The van der Waals surface area contributed by atoms with Crippen molar-refractivity contribution in [2.24, 2.45) is 5.92 Å². The fourth-order valence-corrected chi connectivity index (χ4v) is 3.37. The van der Waals surface area contributed by atoms with Crippen molar-refractivity contribution in [2.75, 3.05) is 20.4 Å². The molecule has 4 nitrogen and oxygen atoms in total. The van der Waals surface area contributed by atoms with E-state index < -0.39 is 0 Å². The first-order chi connectivity index (χ1) is 10.0. The number of fused-ring (bicyclic) bond motifs is 1. The van der Waals surface area contributed by atoms with Gasteiger partial charge >= 0.3 is 0 Å². The third-order valence-electron chi connectivity index (χ3n) is 4.97. The summed E-state index contributed by atoms with van der Waals surface area (Å²) in [6.45, 7) is 8.38. The molecule has 0 spiro atoms. The first-order valence-electron chi connectivity index (χ1n) is 7.90. The highest BCUT2D eigenvalue weighted by atomic mass is 16.7. The highest BCUT2D eigenvalue weighted by molar-refractivity contribution is 5.45. The Labute approximate surface area is 127 Å². The van der Waals surface area contributed by atoms with E-state index in [9.17, 15) is 0 Å². The molecule has 21 heavy (non-hydrogen) atoms. The average Bonchev–Trinajstić information content (AvgIpc) is 2.92. The van der Waals surface area contributed by atoms with Crippen molar-refractivity contribution in [1.82, 2.24) is 10.2 Å². The predicted molar refractivity (Wildman–Crippen MR) is 83.8 cm³/mol. The summed E-state index contributed by atoms with van der Waals surface area (Å²) in [7, 11) is 2.22. The Kier molecular flexibility index (Phi) is 4.09. The molecule has 2 aliphatic heterocycles. The van der Waals surface area contributed by atoms with Gasteiger partial charge in [0.1, 0.15) is 0 Å². The highest BCUT2D eigenvalue weighted by Crippen LogP contribution is 2.34. The SMILES string of the molecule is CC(NC1CC(C)N(C)CC1C)c1ccc2c(c1)OCO2. The third-order valence-corrected chi connectivity index (χ3v) is 4.97. The Balaban J connectivity index is 1.67. The van der Waals surface area contributed by atoms with Gasteiger partial charge in [-0.25, -0.2) is 0 Å². The number of hydrogen-bond acceptors (Lipinski definition) is 4. The smallest absolute Gasteiger partial charge is 0.231 e. The summed E-state index contributed by atoms with van der Waals surface area (Å²) in [4.78, 5) is 2.45. The van der Waals surface area contributed by atoms with Crippen LogP contribution in [0, 0.1) is 5.92 Å². The molecule has 4 heteroatoms. The van der Waals surface area contributed by atoms with Crippen LogP contribution in [0.15, 0.2) is 18.2 Å². The average molecular weight is 290 g/mol. The molecule has 1 fully saturated rings. The lowest BCUT2D eigenvalue weighted by Gasteiger charge is -2.41. The standard InChI is InChI=1S/C17H26N2O2/c1-11-9-19(4)12(2)7-15(11)18-13(3)14-5-6-16-17(8-14)21-10-20-16/h5-6,8,11-13,15,18H,7,9-10H2,1-4H3. The molecule has 3 rings (SSSR count). The molecule has 2 heterocycles. The second kappa shape index (κ2) is 5.85. The van der Waals surface area contributed by atoms with E-state index in [4.69, 9.17) is 9.47 Å². The number of piperidine rings is 1. The molecule has 116 valence electrons. The van der Waals surface area contributed by atoms with E-state index in [0.717, 1.165) is 18.0 Å². The minimum Gasteiger partial charge on any atom is -0.454 e. The van der Waals surface area contributed by atoms with Crippen LogP contribution in [0.5, 0.6) is 11.5 Å². The zero-order valence-electron chi connectivity index (χ0n) is 13.4. The van der Waals surface area contributed by atoms with Gasteiger partial charge < -0.3 is 19.7 Å². The minimum absolute atomic E-state index is 0.322. The highest BCUT2D eigenvalue weighted by Gasteiger charge is 2.30. The Morgan fingerprint density at radius 2 is 2.00 bits per heavy atom. The van der Waals surface area contributed by atoms with E-state index >= 15 is 0 Å². The largest absolute Gasteiger partial charge is 0.454 e. The van der Waals surface area contributed by atoms with Crippen LogP contribution in [0.25, 0.3) is 0 Å². The van der Waals surface area contributed by atoms with E-state index in [-0.39, 0.29) is 0 Å². The number of rotatable bonds is 3. The first-order valence-corrected chi connectivity index (χ1v) is 7.90. The quantitative estimate of drug-likeness (QED) is 0.928. The number of nitrogens with zero attached hydrogens (tertiary/aromatic N) is 1. The van der Waals surface area contributed by atoms with Crippen LogP contribution in [0.3, 0.4) is 0 Å². The molecule has 0 saturated carbocycles. The van der Waals surface area contributed by atoms with Gasteiger partial charge in [-0.1, -0.05) is 13.0 Å². The van der Waals surface area contributed by atoms with E-state index in [2.05, 4.69) is 50.2 Å². The summed E-state index contributed by atoms with van der Waals surface area (Å²) in [6.07, 6.45) is 1.20. The molecule has 1 saturated heterocycles. The summed E-state index contributed by atoms with van der Waals surface area (Å²) in [6, 6.07) is 7.77. The maximum Gasteiger partial charge on any atom is 0.231 e. The Hall–Kier alpha value is -1.26. The van der Waals surface area contributed by atoms with Crippen LogP contribution in [-0.4, -0.2) is 37.4 Å². The zero-order chi connectivity index (χ0) is 15.0. The number of hydrogen-bond donors (Lipinski definition) is 1. The molecule has 1 aromatic carbocycles. The van der Waals surface area contributed by atoms with Gasteiger partial charge in [0, 0.05) is 24.7 Å². The lowest BCUT2D eigenvalue weighted by Crippen LogP contribution is -2.51. The van der Waals surface area contributed by atoms with Crippen LogP contribution >= 0.6 is 0 Å². The molecule has 0 aliphatic carbocycles. The number of benzene rings is 1. The van der Waals surface area contributed by atoms with Gasteiger partial charge in [-0.05, 0) is 50.9 Å². The van der Waals surface area contributed by atoms with E-state index in [1.165, 1.54) is 12.0 Å². The molecule has 0 radical (unpaired) electrons. The summed E-state index contributed by atoms with van der Waals surface area (Å²) in [5.74, 6) is 2.39. The van der Waals surface area contributed by atoms with E-state index in [1.54, 1.807) is 0 Å². The molecular formula is C17H26N2O2. The van der Waals surface area contributed by atoms with Gasteiger partial charge in [0.15, 0.2) is 11.5 Å². The molecule has 0 amide bonds. The van der Waals surface area contributed by atoms with Crippen molar-refractivity contribution >= 4 is 0 Å². The van der Waals surface area contributed by atoms with Crippen LogP contribution in [0.2, 0.25) is 0 Å². The normalized spacial score (nSPS) is 30.4. The van der Waals surface area contributed by atoms with Crippen molar-refractivity contribution in [2.45, 2.75) is 45.3 Å². The number of nitrogens with one attached hydrogen (secondary N) is 1. The van der Waals surface area contributed by atoms with Gasteiger partial charge in [-0.15, -0.1) is 0 Å². The molecule has 0 aromatic heterocycles. The van der Waals surface area contributed by atoms with Crippen LogP contribution in [0.1, 0.15) is 38.8 Å². The molecule has 4 atom stereocenters. The maximum atomic E-state index is 5.47. The van der Waals surface area contributed by atoms with Crippen LogP contribution in [0.4, 0.5) is 0 Å². The monoisotopic (exact) mass is 290 g/mol. The molecule has 4 unspecified atom stereocenters. The second-order valence-corrected chi connectivity index (χ2v) is 6.61. The van der Waals surface area contributed by atoms with Crippen LogP contribution in [-0.2, 0) is 0 Å². The fraction of sp³-hybridized carbons (Fsp3) is 0.647. The second-order valence-electron chi connectivity index (χ2n) is 6.61. The van der Waals surface area contributed by atoms with Gasteiger partial charge in [-0.2, -0.15) is 0 Å². The molecule has 1 N–H and O–H groups in total. The maximum absolute atomic E-state index is 5.47. The van der Waals surface area contributed by atoms with Crippen molar-refractivity contribution in [3.8, 4) is 11.5 Å². The Bertz CT molecular complexity index is 506. The lowest BCUT2D eigenvalue weighted by molar-refractivity contribution is 0.116. The Morgan fingerprint density at radius 1 is 1.24 bits per heavy atom. The summed E-state index contributed by atoms with van der Waals surface area (Å²) in [5, 5.41) is 3.80. The summed E-state index contributed by atoms with van der Waals surface area (Å²) >= 11 is 0. The zero-order valence-corrected chi connectivity index (χ0v) is 13.4. The third kappa shape index (κ3) is 3.01. The van der Waals surface area contributed by atoms with Gasteiger partial charge in [-0.3, -0.25) is 0 Å². The summed E-state index contributed by atoms with van der Waals surface area (Å²) in [5.41, 5.74) is 1.26. The molecule has 1 aromatic rings. The van der Waals surface area contributed by atoms with Crippen molar-refractivity contribution in [1.29, 1.82) is 0 Å². The van der Waals surface area contributed by atoms with Crippen LogP contribution < -0.4 is 14.8 Å². The van der Waals surface area contributed by atoms with Gasteiger partial charge in [0.2, 0.25) is 6.79 Å². The lowest BCUT2D eigenvalue weighted by atomic mass is 9.89. The molecular weight excluding hydrogens is 264 g/mol. The predicted octanol–water partition coefficient (Wildman–Crippen LogP) is 2.79. The van der Waals surface area contributed by atoms with E-state index in [0.29, 0.717) is 30.8 Å². The topological polar surface area (TPSA) is 33.7 Å². The van der Waals surface area contributed by atoms with Gasteiger partial charge in [0.05, 0.1) is 0 Å². The first kappa shape index (κ1) is 14.7. The molecule has 0 bridgehead atoms. The number of likely N-dealkylation sites (tertiary alicyclic amines) is 1. The molecule has 2 aliphatic rings. The summed E-state index contributed by atoms with van der Waals surface area (Å²) < 4.78 is 10.9. The van der Waals surface area contributed by atoms with Crippen molar-refractivity contribution in [3.05, 3.63) is 23.8 Å². The Morgan fingerprint density at radius 3 is 2.81 bits per heavy atom. The van der Waals surface area contributed by atoms with Crippen molar-refractivity contribution < 1.29 is 9.47 Å². The minimum atomic E-state index is 0.322. The van der Waals surface area contributed by atoms with Gasteiger partial charge in [0.25, 0.3) is 0 Å². The van der Waals surface area contributed by atoms with Crippen molar-refractivity contribution in [3.63, 3.8) is 0 Å².